The molecule has 134 valence electrons. The van der Waals surface area contributed by atoms with Gasteiger partial charge in [-0.2, -0.15) is 0 Å². The molecule has 0 saturated carbocycles. The van der Waals surface area contributed by atoms with Crippen LogP contribution in [-0.2, 0) is 13.0 Å². The molecule has 0 bridgehead atoms. The predicted octanol–water partition coefficient (Wildman–Crippen LogP) is 4.73. The van der Waals surface area contributed by atoms with Crippen LogP contribution in [0.2, 0.25) is 5.02 Å². The number of carbonyl (C=O) groups excluding carboxylic acids is 1. The van der Waals surface area contributed by atoms with Crippen LogP contribution in [0.4, 0.5) is 5.69 Å². The summed E-state index contributed by atoms with van der Waals surface area (Å²) in [4.78, 5) is 26.5. The van der Waals surface area contributed by atoms with Gasteiger partial charge in [0.15, 0.2) is 0 Å². The van der Waals surface area contributed by atoms with E-state index in [1.54, 1.807) is 18.3 Å². The molecule has 3 rings (SSSR count). The lowest BCUT2D eigenvalue weighted by atomic mass is 10.2. The number of benzene rings is 1. The Bertz CT molecular complexity index is 1010. The second-order valence-corrected chi connectivity index (χ2v) is 7.64. The summed E-state index contributed by atoms with van der Waals surface area (Å²) in [6.07, 6.45) is 2.54. The highest BCUT2D eigenvalue weighted by Gasteiger charge is 2.12. The molecule has 0 aliphatic rings. The van der Waals surface area contributed by atoms with Crippen LogP contribution in [-0.4, -0.2) is 10.5 Å². The Kier molecular flexibility index (Phi) is 5.59. The summed E-state index contributed by atoms with van der Waals surface area (Å²) in [5.74, 6) is -0.166. The largest absolute Gasteiger partial charge is 0.320 e. The summed E-state index contributed by atoms with van der Waals surface area (Å²) in [7, 11) is 0. The molecule has 1 aromatic carbocycles. The minimum atomic E-state index is -0.166. The number of halogens is 1. The molecule has 0 fully saturated rings. The molecule has 26 heavy (non-hydrogen) atoms. The van der Waals surface area contributed by atoms with Gasteiger partial charge in [-0.05, 0) is 42.7 Å². The molecule has 0 saturated heterocycles. The van der Waals surface area contributed by atoms with Crippen molar-refractivity contribution in [3.8, 4) is 0 Å². The molecule has 2 aromatic heterocycles. The molecule has 0 aliphatic carbocycles. The molecule has 1 N–H and O–H groups in total. The number of amides is 1. The summed E-state index contributed by atoms with van der Waals surface area (Å²) in [5.41, 5.74) is 2.46. The Morgan fingerprint density at radius 1 is 1.19 bits per heavy atom. The van der Waals surface area contributed by atoms with Crippen LogP contribution in [0.5, 0.6) is 0 Å². The van der Waals surface area contributed by atoms with Gasteiger partial charge < -0.3 is 9.88 Å². The molecule has 1 amide bonds. The highest BCUT2D eigenvalue weighted by molar-refractivity contribution is 7.14. The summed E-state index contributed by atoms with van der Waals surface area (Å²) in [6, 6.07) is 12.4. The number of aromatic nitrogens is 1. The molecule has 3 aromatic rings. The van der Waals surface area contributed by atoms with Gasteiger partial charge in [-0.3, -0.25) is 9.59 Å². The maximum absolute atomic E-state index is 12.5. The van der Waals surface area contributed by atoms with E-state index in [1.165, 1.54) is 27.5 Å². The van der Waals surface area contributed by atoms with E-state index in [0.29, 0.717) is 22.1 Å². The van der Waals surface area contributed by atoms with Crippen molar-refractivity contribution in [1.29, 1.82) is 0 Å². The summed E-state index contributed by atoms with van der Waals surface area (Å²) >= 11 is 7.66. The Hall–Kier alpha value is -2.37. The van der Waals surface area contributed by atoms with E-state index in [1.807, 2.05) is 31.2 Å². The normalized spacial score (nSPS) is 10.7. The number of hydrogen-bond donors (Lipinski definition) is 1. The van der Waals surface area contributed by atoms with Gasteiger partial charge in [0.05, 0.1) is 17.1 Å². The van der Waals surface area contributed by atoms with Crippen molar-refractivity contribution in [3.63, 3.8) is 0 Å². The van der Waals surface area contributed by atoms with Gasteiger partial charge in [-0.25, -0.2) is 0 Å². The molecule has 0 unspecified atom stereocenters. The van der Waals surface area contributed by atoms with E-state index in [9.17, 15) is 9.59 Å². The maximum Gasteiger partial charge on any atom is 0.265 e. The average Bonchev–Trinajstić information content (AvgIpc) is 3.01. The van der Waals surface area contributed by atoms with E-state index >= 15 is 0 Å². The van der Waals surface area contributed by atoms with E-state index in [2.05, 4.69) is 12.2 Å². The molecule has 4 nitrogen and oxygen atoms in total. The molecule has 0 atom stereocenters. The minimum Gasteiger partial charge on any atom is -0.320 e. The first kappa shape index (κ1) is 18.4. The Morgan fingerprint density at radius 2 is 1.96 bits per heavy atom. The standard InChI is InChI=1S/C20H19ClN2O2S/c1-3-14-10-18(26-13(14)2)20(25)22-16-8-9-19(24)23(12-16)11-15-6-4-5-7-17(15)21/h4-10,12H,3,11H2,1-2H3,(H,22,25). The highest BCUT2D eigenvalue weighted by atomic mass is 35.5. The fraction of sp³-hybridized carbons (Fsp3) is 0.200. The van der Waals surface area contributed by atoms with Crippen LogP contribution in [0.3, 0.4) is 0 Å². The molecule has 2 heterocycles. The number of anilines is 1. The molecule has 6 heteroatoms. The molecule has 0 spiro atoms. The summed E-state index contributed by atoms with van der Waals surface area (Å²) in [5, 5.41) is 3.48. The summed E-state index contributed by atoms with van der Waals surface area (Å²) < 4.78 is 1.54. The van der Waals surface area contributed by atoms with Gasteiger partial charge in [-0.15, -0.1) is 11.3 Å². The number of thiophene rings is 1. The second-order valence-electron chi connectivity index (χ2n) is 5.98. The number of pyridine rings is 1. The maximum atomic E-state index is 12.5. The van der Waals surface area contributed by atoms with Crippen molar-refractivity contribution in [2.24, 2.45) is 0 Å². The zero-order valence-electron chi connectivity index (χ0n) is 14.6. The van der Waals surface area contributed by atoms with Crippen LogP contribution in [0.25, 0.3) is 0 Å². The molecule has 0 radical (unpaired) electrons. The number of rotatable bonds is 5. The lowest BCUT2D eigenvalue weighted by Crippen LogP contribution is -2.21. The third-order valence-corrected chi connectivity index (χ3v) is 5.63. The molecular weight excluding hydrogens is 368 g/mol. The Morgan fingerprint density at radius 3 is 2.65 bits per heavy atom. The van der Waals surface area contributed by atoms with Crippen molar-refractivity contribution in [2.75, 3.05) is 5.32 Å². The van der Waals surface area contributed by atoms with Crippen LogP contribution < -0.4 is 10.9 Å². The van der Waals surface area contributed by atoms with Gasteiger partial charge in [-0.1, -0.05) is 36.7 Å². The van der Waals surface area contributed by atoms with Crippen LogP contribution in [0.15, 0.2) is 53.5 Å². The molecule has 0 aliphatic heterocycles. The van der Waals surface area contributed by atoms with Crippen molar-refractivity contribution in [2.45, 2.75) is 26.8 Å². The van der Waals surface area contributed by atoms with Crippen molar-refractivity contribution >= 4 is 34.5 Å². The average molecular weight is 387 g/mol. The van der Waals surface area contributed by atoms with Crippen LogP contribution in [0, 0.1) is 6.92 Å². The fourth-order valence-corrected chi connectivity index (χ4v) is 3.92. The van der Waals surface area contributed by atoms with Crippen molar-refractivity contribution < 1.29 is 4.79 Å². The van der Waals surface area contributed by atoms with E-state index < -0.39 is 0 Å². The second kappa shape index (κ2) is 7.89. The van der Waals surface area contributed by atoms with Crippen LogP contribution in [0.1, 0.15) is 32.6 Å². The van der Waals surface area contributed by atoms with E-state index in [-0.39, 0.29) is 11.5 Å². The minimum absolute atomic E-state index is 0.150. The van der Waals surface area contributed by atoms with Gasteiger partial charge in [0.25, 0.3) is 11.5 Å². The SMILES string of the molecule is CCc1cc(C(=O)Nc2ccc(=O)n(Cc3ccccc3Cl)c2)sc1C. The first-order valence-corrected chi connectivity index (χ1v) is 9.52. The van der Waals surface area contributed by atoms with Crippen LogP contribution >= 0.6 is 22.9 Å². The van der Waals surface area contributed by atoms with Gasteiger partial charge in [0.1, 0.15) is 0 Å². The molecular formula is C20H19ClN2O2S. The van der Waals surface area contributed by atoms with Gasteiger partial charge >= 0.3 is 0 Å². The topological polar surface area (TPSA) is 51.1 Å². The Balaban J connectivity index is 1.82. The number of nitrogens with one attached hydrogen (secondary N) is 1. The van der Waals surface area contributed by atoms with Crippen molar-refractivity contribution in [3.05, 3.63) is 84.9 Å². The van der Waals surface area contributed by atoms with Gasteiger partial charge in [0, 0.05) is 22.2 Å². The lowest BCUT2D eigenvalue weighted by molar-refractivity contribution is 0.103. The number of nitrogens with zero attached hydrogens (tertiary/aromatic N) is 1. The number of hydrogen-bond acceptors (Lipinski definition) is 3. The number of aryl methyl sites for hydroxylation is 2. The predicted molar refractivity (Wildman–Crippen MR) is 108 cm³/mol. The first-order chi connectivity index (χ1) is 12.5. The third kappa shape index (κ3) is 4.06. The van der Waals surface area contributed by atoms with E-state index in [4.69, 9.17) is 11.6 Å². The smallest absolute Gasteiger partial charge is 0.265 e. The fourth-order valence-electron chi connectivity index (χ4n) is 2.71. The number of carbonyl (C=O) groups is 1. The lowest BCUT2D eigenvalue weighted by Gasteiger charge is -2.10. The van der Waals surface area contributed by atoms with Crippen molar-refractivity contribution in [1.82, 2.24) is 4.57 Å². The monoisotopic (exact) mass is 386 g/mol. The highest BCUT2D eigenvalue weighted by Crippen LogP contribution is 2.23. The zero-order chi connectivity index (χ0) is 18.7. The first-order valence-electron chi connectivity index (χ1n) is 8.32. The Labute approximate surface area is 161 Å². The quantitative estimate of drug-likeness (QED) is 0.688. The summed E-state index contributed by atoms with van der Waals surface area (Å²) in [6.45, 7) is 4.44. The van der Waals surface area contributed by atoms with Gasteiger partial charge in [0.2, 0.25) is 0 Å². The third-order valence-electron chi connectivity index (χ3n) is 4.17. The van der Waals surface area contributed by atoms with E-state index in [0.717, 1.165) is 16.9 Å². The zero-order valence-corrected chi connectivity index (χ0v) is 16.2.